The highest BCUT2D eigenvalue weighted by Gasteiger charge is 2.29. The Morgan fingerprint density at radius 2 is 1.90 bits per heavy atom. The lowest BCUT2D eigenvalue weighted by Gasteiger charge is -2.34. The van der Waals surface area contributed by atoms with Gasteiger partial charge in [-0.25, -0.2) is 9.18 Å². The highest BCUT2D eigenvalue weighted by Crippen LogP contribution is 2.32. The highest BCUT2D eigenvalue weighted by atomic mass is 19.1. The van der Waals surface area contributed by atoms with Crippen molar-refractivity contribution in [1.82, 2.24) is 10.2 Å². The second-order valence-corrected chi connectivity index (χ2v) is 6.10. The number of hydrogen-bond acceptors (Lipinski definition) is 2. The molecule has 1 aromatic carbocycles. The molecule has 0 radical (unpaired) electrons. The fourth-order valence-electron chi connectivity index (χ4n) is 2.19. The third kappa shape index (κ3) is 5.01. The van der Waals surface area contributed by atoms with E-state index in [1.807, 2.05) is 27.7 Å². The second kappa shape index (κ2) is 7.41. The quantitative estimate of drug-likeness (QED) is 0.877. The van der Waals surface area contributed by atoms with Crippen LogP contribution in [0.2, 0.25) is 0 Å². The Kier molecular flexibility index (Phi) is 6.15. The van der Waals surface area contributed by atoms with E-state index in [0.29, 0.717) is 13.1 Å². The number of benzene rings is 1. The predicted molar refractivity (Wildman–Crippen MR) is 81.5 cm³/mol. The minimum absolute atomic E-state index is 0.0714. The van der Waals surface area contributed by atoms with Crippen molar-refractivity contribution >= 4 is 6.03 Å². The fourth-order valence-corrected chi connectivity index (χ4v) is 2.19. The molecule has 0 fully saturated rings. The largest absolute Gasteiger partial charge is 0.395 e. The summed E-state index contributed by atoms with van der Waals surface area (Å²) in [5.74, 6) is -0.298. The van der Waals surface area contributed by atoms with Gasteiger partial charge >= 0.3 is 6.03 Å². The molecule has 0 heterocycles. The first kappa shape index (κ1) is 17.4. The molecule has 2 amide bonds. The third-order valence-electron chi connectivity index (χ3n) is 3.38. The van der Waals surface area contributed by atoms with Crippen molar-refractivity contribution in [3.63, 3.8) is 0 Å². The molecule has 118 valence electrons. The molecule has 0 aliphatic heterocycles. The number of aliphatic hydroxyl groups is 1. The van der Waals surface area contributed by atoms with Gasteiger partial charge in [0, 0.05) is 13.1 Å². The minimum atomic E-state index is -0.298. The van der Waals surface area contributed by atoms with Gasteiger partial charge in [0.05, 0.1) is 12.6 Å². The van der Waals surface area contributed by atoms with Crippen LogP contribution < -0.4 is 5.32 Å². The topological polar surface area (TPSA) is 52.6 Å². The number of carbonyl (C=O) groups excluding carboxylic acids is 1. The maximum Gasteiger partial charge on any atom is 0.317 e. The van der Waals surface area contributed by atoms with Crippen LogP contribution in [0.25, 0.3) is 0 Å². The molecule has 0 bridgehead atoms. The monoisotopic (exact) mass is 296 g/mol. The molecule has 21 heavy (non-hydrogen) atoms. The van der Waals surface area contributed by atoms with Crippen LogP contribution in [0.5, 0.6) is 0 Å². The lowest BCUT2D eigenvalue weighted by molar-refractivity contribution is 0.166. The Balaban J connectivity index is 2.94. The summed E-state index contributed by atoms with van der Waals surface area (Å²) in [5.41, 5.74) is 0.642. The molecule has 5 heteroatoms. The number of carbonyl (C=O) groups is 1. The van der Waals surface area contributed by atoms with Crippen molar-refractivity contribution in [2.45, 2.75) is 33.7 Å². The van der Waals surface area contributed by atoms with E-state index in [1.54, 1.807) is 17.0 Å². The van der Waals surface area contributed by atoms with E-state index in [1.165, 1.54) is 12.1 Å². The maximum absolute atomic E-state index is 13.1. The van der Waals surface area contributed by atoms with E-state index in [9.17, 15) is 9.18 Å². The molecular weight excluding hydrogens is 271 g/mol. The Morgan fingerprint density at radius 3 is 2.33 bits per heavy atom. The van der Waals surface area contributed by atoms with Crippen LogP contribution in [0.3, 0.4) is 0 Å². The molecular formula is C16H25FN2O2. The molecule has 4 nitrogen and oxygen atoms in total. The van der Waals surface area contributed by atoms with Crippen LogP contribution in [0.1, 0.15) is 39.3 Å². The van der Waals surface area contributed by atoms with Gasteiger partial charge in [0.15, 0.2) is 0 Å². The van der Waals surface area contributed by atoms with Gasteiger partial charge in [0.25, 0.3) is 0 Å². The number of urea groups is 1. The second-order valence-electron chi connectivity index (χ2n) is 6.10. The third-order valence-corrected chi connectivity index (χ3v) is 3.38. The summed E-state index contributed by atoms with van der Waals surface area (Å²) in [4.78, 5) is 13.8. The molecule has 0 saturated carbocycles. The summed E-state index contributed by atoms with van der Waals surface area (Å²) in [6.45, 7) is 8.66. The fraction of sp³-hybridized carbons (Fsp3) is 0.562. The summed E-state index contributed by atoms with van der Waals surface area (Å²) < 4.78 is 13.1. The Hall–Kier alpha value is -1.62. The molecule has 1 atom stereocenters. The lowest BCUT2D eigenvalue weighted by Crippen LogP contribution is -2.45. The number of rotatable bonds is 5. The first-order valence-corrected chi connectivity index (χ1v) is 7.21. The van der Waals surface area contributed by atoms with Crippen molar-refractivity contribution in [2.24, 2.45) is 5.41 Å². The first-order valence-electron chi connectivity index (χ1n) is 7.21. The predicted octanol–water partition coefficient (Wildman–Crippen LogP) is 2.94. The van der Waals surface area contributed by atoms with Crippen LogP contribution in [-0.4, -0.2) is 35.7 Å². The summed E-state index contributed by atoms with van der Waals surface area (Å²) >= 11 is 0. The molecule has 0 aromatic heterocycles. The smallest absolute Gasteiger partial charge is 0.317 e. The molecule has 1 aromatic rings. The Labute approximate surface area is 126 Å². The summed E-state index contributed by atoms with van der Waals surface area (Å²) in [6.07, 6.45) is 0. The normalized spacial score (nSPS) is 12.9. The van der Waals surface area contributed by atoms with E-state index < -0.39 is 0 Å². The van der Waals surface area contributed by atoms with E-state index in [0.717, 1.165) is 5.56 Å². The summed E-state index contributed by atoms with van der Waals surface area (Å²) in [5, 5.41) is 12.0. The minimum Gasteiger partial charge on any atom is -0.395 e. The number of halogens is 1. The van der Waals surface area contributed by atoms with Crippen LogP contribution in [-0.2, 0) is 0 Å². The first-order chi connectivity index (χ1) is 9.79. The zero-order valence-corrected chi connectivity index (χ0v) is 13.2. The van der Waals surface area contributed by atoms with Gasteiger partial charge in [-0.3, -0.25) is 0 Å². The van der Waals surface area contributed by atoms with Crippen molar-refractivity contribution in [3.05, 3.63) is 35.6 Å². The van der Waals surface area contributed by atoms with Gasteiger partial charge in [-0.1, -0.05) is 32.9 Å². The van der Waals surface area contributed by atoms with Crippen LogP contribution in [0.4, 0.5) is 9.18 Å². The molecule has 0 spiro atoms. The van der Waals surface area contributed by atoms with Gasteiger partial charge in [0.1, 0.15) is 5.82 Å². The molecule has 0 aliphatic rings. The average molecular weight is 296 g/mol. The Bertz CT molecular complexity index is 454. The van der Waals surface area contributed by atoms with Gasteiger partial charge < -0.3 is 15.3 Å². The zero-order chi connectivity index (χ0) is 16.0. The number of hydrogen-bond donors (Lipinski definition) is 2. The summed E-state index contributed by atoms with van der Waals surface area (Å²) in [6, 6.07) is 5.70. The van der Waals surface area contributed by atoms with Crippen LogP contribution in [0.15, 0.2) is 24.3 Å². The average Bonchev–Trinajstić information content (AvgIpc) is 2.42. The highest BCUT2D eigenvalue weighted by molar-refractivity contribution is 5.74. The van der Waals surface area contributed by atoms with Gasteiger partial charge in [0.2, 0.25) is 0 Å². The van der Waals surface area contributed by atoms with Gasteiger partial charge in [-0.05, 0) is 30.0 Å². The van der Waals surface area contributed by atoms with Crippen LogP contribution in [0, 0.1) is 11.2 Å². The maximum atomic E-state index is 13.1. The summed E-state index contributed by atoms with van der Waals surface area (Å²) in [7, 11) is 0. The number of likely N-dealkylation sites (N-methyl/N-ethyl adjacent to an activating group) is 1. The standard InChI is InChI=1S/C16H25FN2O2/c1-5-19(10-11-20)15(21)18-14(16(2,3)4)12-6-8-13(17)9-7-12/h6-9,14,20H,5,10-11H2,1-4H3,(H,18,21). The number of amides is 2. The van der Waals surface area contributed by atoms with E-state index in [-0.39, 0.29) is 29.9 Å². The van der Waals surface area contributed by atoms with Gasteiger partial charge in [-0.2, -0.15) is 0 Å². The van der Waals surface area contributed by atoms with Crippen molar-refractivity contribution in [1.29, 1.82) is 0 Å². The van der Waals surface area contributed by atoms with E-state index >= 15 is 0 Å². The zero-order valence-electron chi connectivity index (χ0n) is 13.2. The molecule has 0 saturated heterocycles. The van der Waals surface area contributed by atoms with Gasteiger partial charge in [-0.15, -0.1) is 0 Å². The molecule has 1 rings (SSSR count). The SMILES string of the molecule is CCN(CCO)C(=O)NC(c1ccc(F)cc1)C(C)(C)C. The number of aliphatic hydroxyl groups excluding tert-OH is 1. The van der Waals surface area contributed by atoms with E-state index in [4.69, 9.17) is 5.11 Å². The van der Waals surface area contributed by atoms with Crippen molar-refractivity contribution in [2.75, 3.05) is 19.7 Å². The van der Waals surface area contributed by atoms with E-state index in [2.05, 4.69) is 5.32 Å². The molecule has 2 N–H and O–H groups in total. The number of nitrogens with one attached hydrogen (secondary N) is 1. The Morgan fingerprint density at radius 1 is 1.33 bits per heavy atom. The van der Waals surface area contributed by atoms with Crippen LogP contribution >= 0.6 is 0 Å². The lowest BCUT2D eigenvalue weighted by atomic mass is 9.82. The molecule has 1 unspecified atom stereocenters. The van der Waals surface area contributed by atoms with Crippen molar-refractivity contribution < 1.29 is 14.3 Å². The number of nitrogens with zero attached hydrogens (tertiary/aromatic N) is 1. The molecule has 0 aliphatic carbocycles. The van der Waals surface area contributed by atoms with Crippen molar-refractivity contribution in [3.8, 4) is 0 Å².